The van der Waals surface area contributed by atoms with Crippen molar-refractivity contribution in [3.05, 3.63) is 119 Å². The monoisotopic (exact) mass is 918 g/mol. The van der Waals surface area contributed by atoms with Gasteiger partial charge in [0.05, 0.1) is 21.2 Å². The zero-order valence-electron chi connectivity index (χ0n) is 35.0. The Morgan fingerprint density at radius 1 is 0.548 bits per heavy atom. The lowest BCUT2D eigenvalue weighted by Crippen LogP contribution is -2.44. The smallest absolute Gasteiger partial charge is 0.244 e. The van der Waals surface area contributed by atoms with E-state index in [9.17, 15) is 36.6 Å². The van der Waals surface area contributed by atoms with Crippen LogP contribution in [0.15, 0.2) is 118 Å². The number of nitrogens with zero attached hydrogens (tertiary/aromatic N) is 2. The van der Waals surface area contributed by atoms with Gasteiger partial charge in [-0.3, -0.25) is 9.59 Å². The maximum absolute atomic E-state index is 12.9. The molecule has 0 unspecified atom stereocenters. The number of carbonyl (C=O) groups excluding carboxylic acids is 2. The van der Waals surface area contributed by atoms with Crippen LogP contribution in [0.4, 0.5) is 10.3 Å². The normalized spacial score (nSPS) is 12.6. The third-order valence-corrected chi connectivity index (χ3v) is 13.6. The van der Waals surface area contributed by atoms with Crippen LogP contribution in [-0.4, -0.2) is 60.9 Å². The van der Waals surface area contributed by atoms with Crippen molar-refractivity contribution in [2.45, 2.75) is 76.3 Å². The SMILES string of the molecule is Cc1ccc(S(=O)(=O)N[C@@H](CC(C)C)C(=O)Nc2nc(-c3ccc(O)cc3)cs2)cc1.Cc1ccc(S(=O)(=O)N[C@@H](CC(C)C)C(=O)Nc2nc(-c3ccc(O)cc3)cs2)cc1. The number of aryl methyl sites for hydroxylation is 2. The zero-order chi connectivity index (χ0) is 45.2. The van der Waals surface area contributed by atoms with E-state index >= 15 is 0 Å². The van der Waals surface area contributed by atoms with E-state index in [0.717, 1.165) is 22.3 Å². The second kappa shape index (κ2) is 21.0. The summed E-state index contributed by atoms with van der Waals surface area (Å²) < 4.78 is 56.2. The molecule has 6 rings (SSSR count). The highest BCUT2D eigenvalue weighted by Crippen LogP contribution is 2.28. The summed E-state index contributed by atoms with van der Waals surface area (Å²) in [6, 6.07) is 24.2. The Bertz CT molecular complexity index is 2460. The summed E-state index contributed by atoms with van der Waals surface area (Å²) in [5.41, 5.74) is 4.80. The molecule has 0 spiro atoms. The molecule has 14 nitrogen and oxygen atoms in total. The quantitative estimate of drug-likeness (QED) is 0.0546. The summed E-state index contributed by atoms with van der Waals surface area (Å²) >= 11 is 2.49. The second-order valence-corrected chi connectivity index (χ2v) is 20.5. The molecule has 0 saturated heterocycles. The fourth-order valence-corrected chi connectivity index (χ4v) is 9.74. The number of aromatic nitrogens is 2. The van der Waals surface area contributed by atoms with Gasteiger partial charge in [0.1, 0.15) is 23.6 Å². The molecule has 4 aromatic carbocycles. The number of anilines is 2. The van der Waals surface area contributed by atoms with E-state index < -0.39 is 43.9 Å². The molecule has 2 heterocycles. The summed E-state index contributed by atoms with van der Waals surface area (Å²) in [4.78, 5) is 34.8. The molecule has 0 aliphatic carbocycles. The topological polar surface area (TPSA) is 217 Å². The molecule has 0 saturated carbocycles. The van der Waals surface area contributed by atoms with Crippen molar-refractivity contribution in [3.8, 4) is 34.0 Å². The van der Waals surface area contributed by atoms with E-state index in [0.29, 0.717) is 34.5 Å². The number of phenolic OH excluding ortho intramolecular Hbond substituents is 2. The Morgan fingerprint density at radius 3 is 1.18 bits per heavy atom. The van der Waals surface area contributed by atoms with E-state index in [-0.39, 0.29) is 33.1 Å². The minimum atomic E-state index is -3.85. The molecular formula is C44H50N6O8S4. The Morgan fingerprint density at radius 2 is 0.871 bits per heavy atom. The highest BCUT2D eigenvalue weighted by Gasteiger charge is 2.29. The predicted octanol–water partition coefficient (Wildman–Crippen LogP) is 8.31. The van der Waals surface area contributed by atoms with Gasteiger partial charge < -0.3 is 20.8 Å². The summed E-state index contributed by atoms with van der Waals surface area (Å²) in [7, 11) is -7.71. The van der Waals surface area contributed by atoms with Gasteiger partial charge in [0.25, 0.3) is 0 Å². The number of benzene rings is 4. The Kier molecular flexibility index (Phi) is 16.1. The molecule has 0 aliphatic rings. The second-order valence-electron chi connectivity index (χ2n) is 15.4. The number of carbonyl (C=O) groups is 2. The Labute approximate surface area is 370 Å². The number of amides is 2. The van der Waals surface area contributed by atoms with E-state index in [1.54, 1.807) is 83.6 Å². The van der Waals surface area contributed by atoms with Crippen molar-refractivity contribution in [2.24, 2.45) is 11.8 Å². The zero-order valence-corrected chi connectivity index (χ0v) is 38.3. The third kappa shape index (κ3) is 13.8. The average Bonchev–Trinajstić information content (AvgIpc) is 3.88. The molecule has 0 bridgehead atoms. The number of aromatic hydroxyl groups is 2. The van der Waals surface area contributed by atoms with Crippen LogP contribution in [-0.2, 0) is 29.6 Å². The van der Waals surface area contributed by atoms with Crippen molar-refractivity contribution < 1.29 is 36.6 Å². The van der Waals surface area contributed by atoms with E-state index in [2.05, 4.69) is 30.0 Å². The van der Waals surface area contributed by atoms with Gasteiger partial charge in [0, 0.05) is 21.9 Å². The molecule has 0 radical (unpaired) electrons. The predicted molar refractivity (Wildman–Crippen MR) is 245 cm³/mol. The molecule has 6 N–H and O–H groups in total. The number of hydrogen-bond donors (Lipinski definition) is 6. The minimum Gasteiger partial charge on any atom is -0.508 e. The number of rotatable bonds is 16. The van der Waals surface area contributed by atoms with Crippen molar-refractivity contribution in [1.82, 2.24) is 19.4 Å². The third-order valence-electron chi connectivity index (χ3n) is 9.10. The van der Waals surface area contributed by atoms with Gasteiger partial charge in [-0.1, -0.05) is 63.1 Å². The molecule has 2 amide bonds. The first-order chi connectivity index (χ1) is 29.3. The standard InChI is InChI=1S/2C22H25N3O4S2/c2*1-14(2)12-19(25-31(28,29)18-10-4-15(3)5-11-18)21(27)24-22-23-20(13-30-22)16-6-8-17(26)9-7-16/h2*4-11,13-14,19,25-26H,12H2,1-3H3,(H,23,24,27)/t2*19-/m00/s1. The lowest BCUT2D eigenvalue weighted by molar-refractivity contribution is -0.118. The highest BCUT2D eigenvalue weighted by atomic mass is 32.2. The molecule has 328 valence electrons. The molecule has 2 atom stereocenters. The van der Waals surface area contributed by atoms with Gasteiger partial charge in [-0.2, -0.15) is 9.44 Å². The van der Waals surface area contributed by atoms with Crippen LogP contribution < -0.4 is 20.1 Å². The Balaban J connectivity index is 0.000000234. The minimum absolute atomic E-state index is 0.0975. The molecule has 62 heavy (non-hydrogen) atoms. The first-order valence-corrected chi connectivity index (χ1v) is 24.3. The molecule has 0 aliphatic heterocycles. The molecule has 18 heteroatoms. The van der Waals surface area contributed by atoms with Crippen molar-refractivity contribution in [2.75, 3.05) is 10.6 Å². The van der Waals surface area contributed by atoms with Crippen LogP contribution >= 0.6 is 22.7 Å². The van der Waals surface area contributed by atoms with Crippen LogP contribution in [0.25, 0.3) is 22.5 Å². The van der Waals surface area contributed by atoms with Crippen molar-refractivity contribution >= 4 is 64.8 Å². The van der Waals surface area contributed by atoms with Gasteiger partial charge >= 0.3 is 0 Å². The van der Waals surface area contributed by atoms with Crippen LogP contribution in [0.2, 0.25) is 0 Å². The Hall–Kier alpha value is -5.50. The number of nitrogens with one attached hydrogen (secondary N) is 4. The fourth-order valence-electron chi connectivity index (χ4n) is 5.88. The average molecular weight is 919 g/mol. The van der Waals surface area contributed by atoms with Crippen LogP contribution in [0.1, 0.15) is 51.7 Å². The van der Waals surface area contributed by atoms with E-state index in [4.69, 9.17) is 0 Å². The molecular weight excluding hydrogens is 869 g/mol. The van der Waals surface area contributed by atoms with Crippen molar-refractivity contribution in [3.63, 3.8) is 0 Å². The number of thiazole rings is 2. The van der Waals surface area contributed by atoms with Crippen LogP contribution in [0.5, 0.6) is 11.5 Å². The van der Waals surface area contributed by atoms with Gasteiger partial charge in [0.2, 0.25) is 31.9 Å². The lowest BCUT2D eigenvalue weighted by Gasteiger charge is -2.19. The maximum atomic E-state index is 12.9. The maximum Gasteiger partial charge on any atom is 0.244 e. The van der Waals surface area contributed by atoms with Gasteiger partial charge in [-0.15, -0.1) is 22.7 Å². The highest BCUT2D eigenvalue weighted by molar-refractivity contribution is 7.89. The van der Waals surface area contributed by atoms with E-state index in [1.807, 2.05) is 41.5 Å². The van der Waals surface area contributed by atoms with Crippen LogP contribution in [0.3, 0.4) is 0 Å². The number of sulfonamides is 2. The van der Waals surface area contributed by atoms with Crippen molar-refractivity contribution in [1.29, 1.82) is 0 Å². The molecule has 2 aromatic heterocycles. The first-order valence-electron chi connectivity index (χ1n) is 19.6. The fraction of sp³-hybridized carbons (Fsp3) is 0.273. The number of phenols is 2. The van der Waals surface area contributed by atoms with Crippen LogP contribution in [0, 0.1) is 25.7 Å². The summed E-state index contributed by atoms with van der Waals surface area (Å²) in [5, 5.41) is 28.6. The van der Waals surface area contributed by atoms with Gasteiger partial charge in [-0.25, -0.2) is 26.8 Å². The summed E-state index contributed by atoms with van der Waals surface area (Å²) in [6.45, 7) is 11.4. The first kappa shape index (κ1) is 47.5. The van der Waals surface area contributed by atoms with Gasteiger partial charge in [-0.05, 0) is 111 Å². The molecule has 0 fully saturated rings. The number of hydrogen-bond acceptors (Lipinski definition) is 12. The largest absolute Gasteiger partial charge is 0.508 e. The molecule has 6 aromatic rings. The lowest BCUT2D eigenvalue weighted by atomic mass is 10.0. The van der Waals surface area contributed by atoms with E-state index in [1.165, 1.54) is 46.9 Å². The summed E-state index contributed by atoms with van der Waals surface area (Å²) in [5.74, 6) is -0.414. The van der Waals surface area contributed by atoms with Gasteiger partial charge in [0.15, 0.2) is 10.3 Å². The summed E-state index contributed by atoms with van der Waals surface area (Å²) in [6.07, 6.45) is 0.681.